The van der Waals surface area contributed by atoms with Crippen molar-refractivity contribution in [3.05, 3.63) is 53.1 Å². The molecule has 0 unspecified atom stereocenters. The van der Waals surface area contributed by atoms with Crippen LogP contribution >= 0.6 is 34.7 Å². The van der Waals surface area contributed by atoms with Crippen LogP contribution in [-0.2, 0) is 0 Å². The minimum absolute atomic E-state index is 0.204. The second-order valence-electron chi connectivity index (χ2n) is 6.01. The molecule has 0 radical (unpaired) electrons. The number of anilines is 1. The lowest BCUT2D eigenvalue weighted by atomic mass is 10.2. The van der Waals surface area contributed by atoms with E-state index in [4.69, 9.17) is 11.6 Å². The van der Waals surface area contributed by atoms with Gasteiger partial charge in [-0.25, -0.2) is 4.98 Å². The van der Waals surface area contributed by atoms with Crippen LogP contribution in [0.4, 0.5) is 5.69 Å². The average molecular weight is 405 g/mol. The fourth-order valence-corrected chi connectivity index (χ4v) is 4.97. The topological polar surface area (TPSA) is 42.0 Å². The third kappa shape index (κ3) is 5.00. The molecule has 136 valence electrons. The summed E-state index contributed by atoms with van der Waals surface area (Å²) in [6, 6.07) is 12.9. The van der Waals surface area contributed by atoms with Crippen LogP contribution < -0.4 is 5.32 Å². The Hall–Kier alpha value is -1.56. The minimum Gasteiger partial charge on any atom is -0.322 e. The van der Waals surface area contributed by atoms with E-state index in [1.165, 1.54) is 25.7 Å². The van der Waals surface area contributed by atoms with E-state index < -0.39 is 0 Å². The van der Waals surface area contributed by atoms with Crippen LogP contribution in [0.2, 0.25) is 5.02 Å². The number of thiazole rings is 1. The predicted octanol–water partition coefficient (Wildman–Crippen LogP) is 6.87. The van der Waals surface area contributed by atoms with Gasteiger partial charge in [-0.15, -0.1) is 11.3 Å². The number of benzene rings is 2. The lowest BCUT2D eigenvalue weighted by Gasteiger charge is -2.06. The van der Waals surface area contributed by atoms with Crippen molar-refractivity contribution in [3.8, 4) is 0 Å². The number of aromatic nitrogens is 1. The fourth-order valence-electron chi connectivity index (χ4n) is 2.58. The molecule has 0 atom stereocenters. The van der Waals surface area contributed by atoms with Crippen molar-refractivity contribution in [2.24, 2.45) is 0 Å². The van der Waals surface area contributed by atoms with Gasteiger partial charge in [-0.1, -0.05) is 61.7 Å². The second-order valence-corrected chi connectivity index (χ2v) is 8.79. The second kappa shape index (κ2) is 9.40. The Kier molecular flexibility index (Phi) is 6.94. The van der Waals surface area contributed by atoms with Crippen molar-refractivity contribution in [2.45, 2.75) is 36.9 Å². The van der Waals surface area contributed by atoms with Crippen molar-refractivity contribution in [1.29, 1.82) is 0 Å². The largest absolute Gasteiger partial charge is 0.322 e. The van der Waals surface area contributed by atoms with E-state index in [9.17, 15) is 4.79 Å². The molecule has 0 aliphatic carbocycles. The number of hydrogen-bond donors (Lipinski definition) is 1. The van der Waals surface area contributed by atoms with Gasteiger partial charge in [-0.2, -0.15) is 0 Å². The van der Waals surface area contributed by atoms with Crippen molar-refractivity contribution in [3.63, 3.8) is 0 Å². The Morgan fingerprint density at radius 3 is 2.85 bits per heavy atom. The molecule has 3 aromatic rings. The molecule has 1 N–H and O–H groups in total. The van der Waals surface area contributed by atoms with Crippen molar-refractivity contribution in [2.75, 3.05) is 11.1 Å². The van der Waals surface area contributed by atoms with Gasteiger partial charge in [0.05, 0.1) is 20.8 Å². The zero-order valence-corrected chi connectivity index (χ0v) is 17.0. The van der Waals surface area contributed by atoms with Gasteiger partial charge in [0.25, 0.3) is 5.91 Å². The summed E-state index contributed by atoms with van der Waals surface area (Å²) in [7, 11) is 0. The molecule has 0 saturated heterocycles. The lowest BCUT2D eigenvalue weighted by molar-refractivity contribution is 0.102. The monoisotopic (exact) mass is 404 g/mol. The standard InChI is InChI=1S/C20H21ClN2OS2/c1-2-3-4-7-12-25-20-23-17-11-10-14(13-18(17)26-20)22-19(24)15-8-5-6-9-16(15)21/h5-6,8-11,13H,2-4,7,12H2,1H3,(H,22,24). The van der Waals surface area contributed by atoms with Gasteiger partial charge in [0.2, 0.25) is 0 Å². The van der Waals surface area contributed by atoms with Crippen LogP contribution in [0, 0.1) is 0 Å². The van der Waals surface area contributed by atoms with Crippen LogP contribution in [-0.4, -0.2) is 16.6 Å². The quantitative estimate of drug-likeness (QED) is 0.329. The summed E-state index contributed by atoms with van der Waals surface area (Å²) < 4.78 is 2.17. The summed E-state index contributed by atoms with van der Waals surface area (Å²) in [4.78, 5) is 17.1. The molecule has 1 aromatic heterocycles. The Labute approximate surface area is 167 Å². The fraction of sp³-hybridized carbons (Fsp3) is 0.300. The minimum atomic E-state index is -0.204. The Balaban J connectivity index is 1.65. The van der Waals surface area contributed by atoms with Gasteiger partial charge in [0, 0.05) is 11.4 Å². The van der Waals surface area contributed by atoms with Gasteiger partial charge in [0.15, 0.2) is 4.34 Å². The number of carbonyl (C=O) groups is 1. The van der Waals surface area contributed by atoms with Gasteiger partial charge in [0.1, 0.15) is 0 Å². The zero-order valence-electron chi connectivity index (χ0n) is 14.6. The molecule has 0 aliphatic heterocycles. The van der Waals surface area contributed by atoms with E-state index in [0.29, 0.717) is 10.6 Å². The summed E-state index contributed by atoms with van der Waals surface area (Å²) in [6.07, 6.45) is 5.07. The number of rotatable bonds is 8. The SMILES string of the molecule is CCCCCCSc1nc2ccc(NC(=O)c3ccccc3Cl)cc2s1. The number of thioether (sulfide) groups is 1. The molecular formula is C20H21ClN2OS2. The van der Waals surface area contributed by atoms with E-state index in [1.54, 1.807) is 29.5 Å². The van der Waals surface area contributed by atoms with Gasteiger partial charge in [-0.05, 0) is 36.8 Å². The number of amides is 1. The zero-order chi connectivity index (χ0) is 18.4. The summed E-state index contributed by atoms with van der Waals surface area (Å²) in [5, 5.41) is 3.37. The van der Waals surface area contributed by atoms with Crippen molar-refractivity contribution < 1.29 is 4.79 Å². The highest BCUT2D eigenvalue weighted by Gasteiger charge is 2.11. The molecule has 3 rings (SSSR count). The molecule has 0 aliphatic rings. The molecule has 1 amide bonds. The maximum absolute atomic E-state index is 12.4. The normalized spacial score (nSPS) is 11.0. The van der Waals surface area contributed by atoms with Gasteiger partial charge >= 0.3 is 0 Å². The number of carbonyl (C=O) groups excluding carboxylic acids is 1. The molecule has 6 heteroatoms. The first-order valence-corrected chi connectivity index (χ1v) is 10.9. The predicted molar refractivity (Wildman–Crippen MR) is 114 cm³/mol. The molecule has 0 bridgehead atoms. The van der Waals surface area contributed by atoms with Crippen LogP contribution in [0.5, 0.6) is 0 Å². The van der Waals surface area contributed by atoms with Crippen molar-refractivity contribution >= 4 is 56.5 Å². The Morgan fingerprint density at radius 2 is 2.04 bits per heavy atom. The highest BCUT2D eigenvalue weighted by Crippen LogP contribution is 2.32. The third-order valence-electron chi connectivity index (χ3n) is 3.97. The molecule has 0 saturated carbocycles. The molecule has 0 fully saturated rings. The molecule has 26 heavy (non-hydrogen) atoms. The van der Waals surface area contributed by atoms with E-state index in [0.717, 1.165) is 26.0 Å². The number of unbranched alkanes of at least 4 members (excludes halogenated alkanes) is 3. The first kappa shape index (κ1) is 19.2. The smallest absolute Gasteiger partial charge is 0.257 e. The molecule has 3 nitrogen and oxygen atoms in total. The van der Waals surface area contributed by atoms with Gasteiger partial charge in [-0.3, -0.25) is 4.79 Å². The Morgan fingerprint density at radius 1 is 1.19 bits per heavy atom. The first-order chi connectivity index (χ1) is 12.7. The Bertz CT molecular complexity index is 894. The van der Waals surface area contributed by atoms with E-state index >= 15 is 0 Å². The summed E-state index contributed by atoms with van der Waals surface area (Å²) in [5.74, 6) is 0.903. The number of nitrogens with zero attached hydrogens (tertiary/aromatic N) is 1. The van der Waals surface area contributed by atoms with Gasteiger partial charge < -0.3 is 5.32 Å². The van der Waals surface area contributed by atoms with Crippen LogP contribution in [0.25, 0.3) is 10.2 Å². The number of nitrogens with one attached hydrogen (secondary N) is 1. The van der Waals surface area contributed by atoms with Crippen molar-refractivity contribution in [1.82, 2.24) is 4.98 Å². The molecule has 1 heterocycles. The number of fused-ring (bicyclic) bond motifs is 1. The maximum Gasteiger partial charge on any atom is 0.257 e. The molecule has 2 aromatic carbocycles. The number of hydrogen-bond acceptors (Lipinski definition) is 4. The van der Waals surface area contributed by atoms with E-state index in [1.807, 2.05) is 36.0 Å². The summed E-state index contributed by atoms with van der Waals surface area (Å²) in [6.45, 7) is 2.22. The summed E-state index contributed by atoms with van der Waals surface area (Å²) >= 11 is 9.59. The third-order valence-corrected chi connectivity index (χ3v) is 6.55. The van der Waals surface area contributed by atoms with Crippen LogP contribution in [0.3, 0.4) is 0 Å². The van der Waals surface area contributed by atoms with Crippen LogP contribution in [0.1, 0.15) is 43.0 Å². The number of halogens is 1. The average Bonchev–Trinajstić information content (AvgIpc) is 3.04. The van der Waals surface area contributed by atoms with E-state index in [-0.39, 0.29) is 5.91 Å². The van der Waals surface area contributed by atoms with E-state index in [2.05, 4.69) is 17.2 Å². The highest BCUT2D eigenvalue weighted by atomic mass is 35.5. The summed E-state index contributed by atoms with van der Waals surface area (Å²) in [5.41, 5.74) is 2.20. The highest BCUT2D eigenvalue weighted by molar-refractivity contribution is 8.01. The maximum atomic E-state index is 12.4. The van der Waals surface area contributed by atoms with Crippen LogP contribution in [0.15, 0.2) is 46.8 Å². The first-order valence-electron chi connectivity index (χ1n) is 8.76. The lowest BCUT2D eigenvalue weighted by Crippen LogP contribution is -2.12. The molecular weight excluding hydrogens is 384 g/mol. The molecule has 0 spiro atoms.